The Bertz CT molecular complexity index is 667. The molecule has 1 aromatic rings. The molecular weight excluding hydrogens is 334 g/mol. The molecule has 148 valence electrons. The average molecular weight is 370 g/mol. The maximum Gasteiger partial charge on any atom is 0.237 e. The van der Waals surface area contributed by atoms with Crippen LogP contribution in [0.4, 0.5) is 0 Å². The number of carbonyl (C=O) groups excluding carboxylic acids is 1. The summed E-state index contributed by atoms with van der Waals surface area (Å²) in [4.78, 5) is 12.9. The molecule has 1 saturated carbocycles. The van der Waals surface area contributed by atoms with Crippen LogP contribution in [0.25, 0.3) is 0 Å². The number of rotatable bonds is 4. The first-order valence-electron chi connectivity index (χ1n) is 10.8. The summed E-state index contributed by atoms with van der Waals surface area (Å²) in [5.41, 5.74) is 4.54. The lowest BCUT2D eigenvalue weighted by Crippen LogP contribution is -2.46. The largest absolute Gasteiger partial charge is 0.354 e. The Hall–Kier alpha value is -1.39. The molecule has 4 rings (SSSR count). The molecule has 1 aliphatic carbocycles. The molecule has 1 spiro atoms. The minimum absolute atomic E-state index is 0.0131. The average Bonchev–Trinajstić information content (AvgIpc) is 3.28. The molecule has 4 heteroatoms. The van der Waals surface area contributed by atoms with Crippen LogP contribution < -0.4 is 16.0 Å². The van der Waals surface area contributed by atoms with Crippen LogP contribution in [0.15, 0.2) is 18.2 Å². The molecule has 0 radical (unpaired) electrons. The molecule has 0 aromatic heterocycles. The van der Waals surface area contributed by atoms with Crippen LogP contribution >= 0.6 is 0 Å². The van der Waals surface area contributed by atoms with Crippen LogP contribution in [0.5, 0.6) is 0 Å². The summed E-state index contributed by atoms with van der Waals surface area (Å²) in [5.74, 6) is 0.209. The van der Waals surface area contributed by atoms with Crippen molar-refractivity contribution in [3.8, 4) is 0 Å². The summed E-state index contributed by atoms with van der Waals surface area (Å²) in [6, 6.07) is 6.90. The minimum atomic E-state index is -0.0131. The van der Waals surface area contributed by atoms with Crippen LogP contribution in [0, 0.1) is 19.3 Å². The van der Waals surface area contributed by atoms with Gasteiger partial charge in [-0.25, -0.2) is 0 Å². The van der Waals surface area contributed by atoms with Gasteiger partial charge in [-0.05, 0) is 70.0 Å². The molecule has 2 heterocycles. The molecule has 0 bridgehead atoms. The lowest BCUT2D eigenvalue weighted by atomic mass is 9.76. The smallest absolute Gasteiger partial charge is 0.237 e. The van der Waals surface area contributed by atoms with Crippen LogP contribution in [-0.4, -0.2) is 38.1 Å². The number of carbonyl (C=O) groups is 1. The fraction of sp³-hybridized carbons (Fsp3) is 0.696. The van der Waals surface area contributed by atoms with E-state index in [1.807, 2.05) is 0 Å². The maximum atomic E-state index is 12.9. The fourth-order valence-electron chi connectivity index (χ4n) is 5.72. The Morgan fingerprint density at radius 2 is 1.74 bits per heavy atom. The Morgan fingerprint density at radius 3 is 2.41 bits per heavy atom. The Balaban J connectivity index is 1.42. The molecule has 1 atom stereocenters. The number of piperidine rings is 1. The molecule has 3 N–H and O–H groups in total. The van der Waals surface area contributed by atoms with Crippen molar-refractivity contribution in [2.75, 3.05) is 26.2 Å². The van der Waals surface area contributed by atoms with E-state index in [1.165, 1.54) is 55.2 Å². The second kappa shape index (κ2) is 7.56. The zero-order valence-corrected chi connectivity index (χ0v) is 17.0. The standard InChI is InChI=1S/C23H35N3O/c1-17-11-18(2)13-19(12-17)23(5-3-4-6-23)16-26-21(27)20-14-22(15-25-20)7-9-24-10-8-22/h11-13,20,24-25H,3-10,14-16H2,1-2H3,(H,26,27)/t20-/m0/s1. The number of aryl methyl sites for hydroxylation is 2. The second-order valence-corrected chi connectivity index (χ2v) is 9.47. The normalized spacial score (nSPS) is 26.4. The molecule has 1 aromatic carbocycles. The van der Waals surface area contributed by atoms with Crippen molar-refractivity contribution in [3.05, 3.63) is 34.9 Å². The number of nitrogens with one attached hydrogen (secondary N) is 3. The van der Waals surface area contributed by atoms with E-state index >= 15 is 0 Å². The molecule has 3 fully saturated rings. The van der Waals surface area contributed by atoms with Crippen molar-refractivity contribution in [1.82, 2.24) is 16.0 Å². The van der Waals surface area contributed by atoms with E-state index in [0.29, 0.717) is 5.41 Å². The SMILES string of the molecule is Cc1cc(C)cc(C2(CNC(=O)[C@@H]3CC4(CCNCC4)CN3)CCCC2)c1. The highest BCUT2D eigenvalue weighted by Crippen LogP contribution is 2.42. The Labute approximate surface area is 163 Å². The van der Waals surface area contributed by atoms with Gasteiger partial charge in [0.05, 0.1) is 6.04 Å². The van der Waals surface area contributed by atoms with Crippen molar-refractivity contribution in [2.45, 2.75) is 70.3 Å². The summed E-state index contributed by atoms with van der Waals surface area (Å²) in [5, 5.41) is 10.3. The zero-order chi connectivity index (χ0) is 18.9. The van der Waals surface area contributed by atoms with E-state index in [0.717, 1.165) is 32.6 Å². The summed E-state index contributed by atoms with van der Waals surface area (Å²) >= 11 is 0. The second-order valence-electron chi connectivity index (χ2n) is 9.47. The first kappa shape index (κ1) is 18.9. The topological polar surface area (TPSA) is 53.2 Å². The van der Waals surface area contributed by atoms with Gasteiger partial charge < -0.3 is 16.0 Å². The zero-order valence-electron chi connectivity index (χ0n) is 17.0. The maximum absolute atomic E-state index is 12.9. The van der Waals surface area contributed by atoms with Crippen LogP contribution in [0.1, 0.15) is 61.6 Å². The van der Waals surface area contributed by atoms with E-state index < -0.39 is 0 Å². The predicted octanol–water partition coefficient (Wildman–Crippen LogP) is 2.96. The van der Waals surface area contributed by atoms with Crippen LogP contribution in [0.2, 0.25) is 0 Å². The van der Waals surface area contributed by atoms with Crippen molar-refractivity contribution >= 4 is 5.91 Å². The molecular formula is C23H35N3O. The van der Waals surface area contributed by atoms with Crippen LogP contribution in [0.3, 0.4) is 0 Å². The predicted molar refractivity (Wildman–Crippen MR) is 110 cm³/mol. The summed E-state index contributed by atoms with van der Waals surface area (Å²) in [7, 11) is 0. The molecule has 3 aliphatic rings. The molecule has 1 amide bonds. The lowest BCUT2D eigenvalue weighted by Gasteiger charge is -2.33. The van der Waals surface area contributed by atoms with E-state index in [4.69, 9.17) is 0 Å². The molecule has 0 unspecified atom stereocenters. The highest BCUT2D eigenvalue weighted by molar-refractivity contribution is 5.82. The molecule has 2 saturated heterocycles. The van der Waals surface area contributed by atoms with Gasteiger partial charge in [0.1, 0.15) is 0 Å². The van der Waals surface area contributed by atoms with Gasteiger partial charge in [-0.15, -0.1) is 0 Å². The number of hydrogen-bond acceptors (Lipinski definition) is 3. The third-order valence-corrected chi connectivity index (χ3v) is 7.34. The van der Waals surface area contributed by atoms with Gasteiger partial charge in [-0.3, -0.25) is 4.79 Å². The first-order chi connectivity index (χ1) is 13.0. The van der Waals surface area contributed by atoms with Crippen molar-refractivity contribution in [3.63, 3.8) is 0 Å². The number of benzene rings is 1. The van der Waals surface area contributed by atoms with Gasteiger partial charge in [-0.1, -0.05) is 42.2 Å². The molecule has 2 aliphatic heterocycles. The van der Waals surface area contributed by atoms with Gasteiger partial charge in [0, 0.05) is 18.5 Å². The molecule has 4 nitrogen and oxygen atoms in total. The molecule has 27 heavy (non-hydrogen) atoms. The van der Waals surface area contributed by atoms with Crippen LogP contribution in [-0.2, 0) is 10.2 Å². The van der Waals surface area contributed by atoms with Crippen molar-refractivity contribution < 1.29 is 4.79 Å². The quantitative estimate of drug-likeness (QED) is 0.765. The highest BCUT2D eigenvalue weighted by atomic mass is 16.2. The Kier molecular flexibility index (Phi) is 5.30. The summed E-state index contributed by atoms with van der Waals surface area (Å²) in [6.45, 7) is 8.31. The Morgan fingerprint density at radius 1 is 1.07 bits per heavy atom. The highest BCUT2D eigenvalue weighted by Gasteiger charge is 2.43. The summed E-state index contributed by atoms with van der Waals surface area (Å²) < 4.78 is 0. The van der Waals surface area contributed by atoms with Gasteiger partial charge in [-0.2, -0.15) is 0 Å². The monoisotopic (exact) mass is 369 g/mol. The van der Waals surface area contributed by atoms with Gasteiger partial charge in [0.2, 0.25) is 5.91 Å². The fourth-order valence-corrected chi connectivity index (χ4v) is 5.72. The van der Waals surface area contributed by atoms with E-state index in [1.54, 1.807) is 0 Å². The van der Waals surface area contributed by atoms with Gasteiger partial charge >= 0.3 is 0 Å². The third kappa shape index (κ3) is 3.93. The van der Waals surface area contributed by atoms with E-state index in [-0.39, 0.29) is 17.4 Å². The number of hydrogen-bond donors (Lipinski definition) is 3. The first-order valence-corrected chi connectivity index (χ1v) is 10.8. The van der Waals surface area contributed by atoms with Gasteiger partial charge in [0.15, 0.2) is 0 Å². The van der Waals surface area contributed by atoms with Gasteiger partial charge in [0.25, 0.3) is 0 Å². The van der Waals surface area contributed by atoms with Crippen molar-refractivity contribution in [2.24, 2.45) is 5.41 Å². The van der Waals surface area contributed by atoms with Crippen molar-refractivity contribution in [1.29, 1.82) is 0 Å². The number of amides is 1. The lowest BCUT2D eigenvalue weighted by molar-refractivity contribution is -0.123. The third-order valence-electron chi connectivity index (χ3n) is 7.34. The van der Waals surface area contributed by atoms with E-state index in [2.05, 4.69) is 48.0 Å². The summed E-state index contributed by atoms with van der Waals surface area (Å²) in [6.07, 6.45) is 8.28. The minimum Gasteiger partial charge on any atom is -0.354 e. The van der Waals surface area contributed by atoms with E-state index in [9.17, 15) is 4.79 Å².